The van der Waals surface area contributed by atoms with Crippen LogP contribution in [-0.4, -0.2) is 30.7 Å². The van der Waals surface area contributed by atoms with Gasteiger partial charge in [-0.15, -0.1) is 10.2 Å². The molecule has 0 saturated carbocycles. The second-order valence-corrected chi connectivity index (χ2v) is 8.13. The van der Waals surface area contributed by atoms with Crippen LogP contribution in [0.5, 0.6) is 5.88 Å². The van der Waals surface area contributed by atoms with Crippen molar-refractivity contribution in [3.8, 4) is 5.88 Å². The average Bonchev–Trinajstić information content (AvgIpc) is 2.86. The molecule has 0 aliphatic carbocycles. The lowest BCUT2D eigenvalue weighted by Gasteiger charge is -2.03. The molecule has 1 aromatic heterocycles. The first-order valence-corrected chi connectivity index (χ1v) is 9.95. The number of hydrogen-bond acceptors (Lipinski definition) is 5. The molecule has 8 nitrogen and oxygen atoms in total. The minimum Gasteiger partial charge on any atom is -0.493 e. The third-order valence-corrected chi connectivity index (χ3v) is 4.49. The van der Waals surface area contributed by atoms with Crippen LogP contribution in [0, 0.1) is 0 Å². The van der Waals surface area contributed by atoms with Crippen molar-refractivity contribution < 1.29 is 18.3 Å². The highest BCUT2D eigenvalue weighted by Crippen LogP contribution is 2.36. The first kappa shape index (κ1) is 18.1. The van der Waals surface area contributed by atoms with Crippen LogP contribution in [-0.2, 0) is 10.0 Å². The first-order valence-electron chi connectivity index (χ1n) is 7.27. The fraction of sp³-hybridized carbons (Fsp3) is 0.0625. The van der Waals surface area contributed by atoms with Gasteiger partial charge in [0.25, 0.3) is 5.91 Å². The number of azo groups is 1. The van der Waals surface area contributed by atoms with Gasteiger partial charge in [-0.2, -0.15) is 0 Å². The van der Waals surface area contributed by atoms with Gasteiger partial charge in [-0.25, -0.2) is 8.42 Å². The van der Waals surface area contributed by atoms with E-state index < -0.39 is 15.9 Å². The predicted octanol–water partition coefficient (Wildman–Crippen LogP) is 3.93. The fourth-order valence-corrected chi connectivity index (χ4v) is 3.21. The van der Waals surface area contributed by atoms with Gasteiger partial charge in [0, 0.05) is 21.1 Å². The molecule has 0 unspecified atom stereocenters. The third-order valence-electron chi connectivity index (χ3n) is 3.39. The van der Waals surface area contributed by atoms with Crippen molar-refractivity contribution >= 4 is 54.1 Å². The van der Waals surface area contributed by atoms with Crippen LogP contribution in [0.25, 0.3) is 10.9 Å². The summed E-state index contributed by atoms with van der Waals surface area (Å²) >= 11 is 3.34. The van der Waals surface area contributed by atoms with Gasteiger partial charge in [0.1, 0.15) is 0 Å². The molecule has 0 saturated heterocycles. The largest absolute Gasteiger partial charge is 0.493 e. The zero-order valence-corrected chi connectivity index (χ0v) is 15.8. The molecule has 0 spiro atoms. The molecule has 1 amide bonds. The van der Waals surface area contributed by atoms with Gasteiger partial charge in [0.05, 0.1) is 11.8 Å². The van der Waals surface area contributed by atoms with Crippen LogP contribution in [0.3, 0.4) is 0 Å². The smallest absolute Gasteiger partial charge is 0.295 e. The lowest BCUT2D eigenvalue weighted by Crippen LogP contribution is -2.09. The summed E-state index contributed by atoms with van der Waals surface area (Å²) in [5, 5.41) is 18.1. The minimum atomic E-state index is -3.39. The van der Waals surface area contributed by atoms with Crippen LogP contribution < -0.4 is 4.72 Å². The minimum absolute atomic E-state index is 0.157. The number of carbonyl (C=O) groups excluding carboxylic acids is 1. The van der Waals surface area contributed by atoms with Gasteiger partial charge in [-0.3, -0.25) is 9.52 Å². The maximum atomic E-state index is 12.2. The number of sulfonamides is 1. The summed E-state index contributed by atoms with van der Waals surface area (Å²) in [6.07, 6.45) is 1.03. The fourth-order valence-electron chi connectivity index (χ4n) is 2.29. The molecule has 0 radical (unpaired) electrons. The molecule has 1 heterocycles. The Balaban J connectivity index is 1.84. The zero-order valence-electron chi connectivity index (χ0n) is 13.4. The van der Waals surface area contributed by atoms with Crippen LogP contribution >= 0.6 is 15.9 Å². The average molecular weight is 437 g/mol. The molecule has 10 heteroatoms. The van der Waals surface area contributed by atoms with Crippen molar-refractivity contribution in [1.82, 2.24) is 4.98 Å². The SMILES string of the molecule is CS(=O)(=O)Nc1ccc(C(=O)N=Nc2c(O)[nH]c3ccc(Br)cc23)cc1. The van der Waals surface area contributed by atoms with Gasteiger partial charge >= 0.3 is 0 Å². The standard InChI is InChI=1S/C16H13BrN4O4S/c1-26(24,25)21-11-5-2-9(3-6-11)15(22)20-19-14-12-8-10(17)4-7-13(12)18-16(14)23/h2-8,18,21,23H,1H3. The lowest BCUT2D eigenvalue weighted by atomic mass is 10.2. The number of halogens is 1. The number of carbonyl (C=O) groups is 1. The monoisotopic (exact) mass is 436 g/mol. The molecule has 134 valence electrons. The number of nitrogens with zero attached hydrogens (tertiary/aromatic N) is 2. The van der Waals surface area contributed by atoms with Gasteiger partial charge in [0.2, 0.25) is 15.9 Å². The molecule has 0 fully saturated rings. The lowest BCUT2D eigenvalue weighted by molar-refractivity contribution is 0.0995. The number of fused-ring (bicyclic) bond motifs is 1. The van der Waals surface area contributed by atoms with Gasteiger partial charge in [-0.1, -0.05) is 15.9 Å². The number of rotatable bonds is 4. The van der Waals surface area contributed by atoms with Gasteiger partial charge < -0.3 is 10.1 Å². The maximum absolute atomic E-state index is 12.2. The summed E-state index contributed by atoms with van der Waals surface area (Å²) < 4.78 is 25.4. The van der Waals surface area contributed by atoms with Gasteiger partial charge in [0.15, 0.2) is 5.69 Å². The predicted molar refractivity (Wildman–Crippen MR) is 101 cm³/mol. The summed E-state index contributed by atoms with van der Waals surface area (Å²) in [6, 6.07) is 11.1. The molecule has 3 N–H and O–H groups in total. The maximum Gasteiger partial charge on any atom is 0.295 e. The van der Waals surface area contributed by atoms with Crippen molar-refractivity contribution in [1.29, 1.82) is 0 Å². The zero-order chi connectivity index (χ0) is 18.9. The molecular weight excluding hydrogens is 424 g/mol. The Labute approximate surface area is 157 Å². The number of anilines is 1. The van der Waals surface area contributed by atoms with E-state index in [0.29, 0.717) is 16.6 Å². The van der Waals surface area contributed by atoms with Crippen molar-refractivity contribution in [2.24, 2.45) is 10.2 Å². The van der Waals surface area contributed by atoms with E-state index in [1.165, 1.54) is 24.3 Å². The van der Waals surface area contributed by atoms with E-state index >= 15 is 0 Å². The molecule has 0 aliphatic rings. The number of aromatic nitrogens is 1. The topological polar surface area (TPSA) is 124 Å². The van der Waals surface area contributed by atoms with E-state index in [9.17, 15) is 18.3 Å². The van der Waals surface area contributed by atoms with Crippen molar-refractivity contribution in [3.63, 3.8) is 0 Å². The molecule has 3 rings (SSSR count). The van der Waals surface area contributed by atoms with E-state index in [-0.39, 0.29) is 17.1 Å². The highest BCUT2D eigenvalue weighted by atomic mass is 79.9. The molecular formula is C16H13BrN4O4S. The Hall–Kier alpha value is -2.72. The van der Waals surface area contributed by atoms with Crippen LogP contribution in [0.2, 0.25) is 0 Å². The Bertz CT molecular complexity index is 1120. The molecule has 0 aliphatic heterocycles. The van der Waals surface area contributed by atoms with Crippen LogP contribution in [0.4, 0.5) is 11.4 Å². The van der Waals surface area contributed by atoms with Gasteiger partial charge in [-0.05, 0) is 42.5 Å². The van der Waals surface area contributed by atoms with E-state index in [1.54, 1.807) is 18.2 Å². The molecule has 0 bridgehead atoms. The Morgan fingerprint density at radius 2 is 1.88 bits per heavy atom. The van der Waals surface area contributed by atoms with Crippen molar-refractivity contribution in [2.75, 3.05) is 11.0 Å². The van der Waals surface area contributed by atoms with Crippen molar-refractivity contribution in [3.05, 3.63) is 52.5 Å². The van der Waals surface area contributed by atoms with Crippen molar-refractivity contribution in [2.45, 2.75) is 0 Å². The van der Waals surface area contributed by atoms with E-state index in [4.69, 9.17) is 0 Å². The van der Waals surface area contributed by atoms with E-state index in [0.717, 1.165) is 10.7 Å². The number of H-pyrrole nitrogens is 1. The molecule has 2 aromatic carbocycles. The highest BCUT2D eigenvalue weighted by Gasteiger charge is 2.12. The van der Waals surface area contributed by atoms with Crippen LogP contribution in [0.15, 0.2) is 57.2 Å². The summed E-state index contributed by atoms with van der Waals surface area (Å²) in [7, 11) is -3.39. The highest BCUT2D eigenvalue weighted by molar-refractivity contribution is 9.10. The molecule has 0 atom stereocenters. The quantitative estimate of drug-likeness (QED) is 0.535. The second-order valence-electron chi connectivity index (χ2n) is 5.47. The summed E-state index contributed by atoms with van der Waals surface area (Å²) in [6.45, 7) is 0. The summed E-state index contributed by atoms with van der Waals surface area (Å²) in [5.41, 5.74) is 1.38. The number of aromatic amines is 1. The van der Waals surface area contributed by atoms with E-state index in [1.807, 2.05) is 0 Å². The Kier molecular flexibility index (Phi) is 4.79. The third kappa shape index (κ3) is 4.09. The first-order chi connectivity index (χ1) is 12.2. The Morgan fingerprint density at radius 1 is 1.19 bits per heavy atom. The summed E-state index contributed by atoms with van der Waals surface area (Å²) in [5.74, 6) is -0.818. The summed E-state index contributed by atoms with van der Waals surface area (Å²) in [4.78, 5) is 14.9. The normalized spacial score (nSPS) is 11.9. The number of hydrogen-bond donors (Lipinski definition) is 3. The number of benzene rings is 2. The number of aromatic hydroxyl groups is 1. The molecule has 3 aromatic rings. The van der Waals surface area contributed by atoms with Crippen LogP contribution in [0.1, 0.15) is 10.4 Å². The number of nitrogens with one attached hydrogen (secondary N) is 2. The second kappa shape index (κ2) is 6.89. The number of amides is 1. The van der Waals surface area contributed by atoms with E-state index in [2.05, 4.69) is 35.9 Å². The molecule has 26 heavy (non-hydrogen) atoms. The Morgan fingerprint density at radius 3 is 2.54 bits per heavy atom.